The summed E-state index contributed by atoms with van der Waals surface area (Å²) in [6, 6.07) is 3.39. The Bertz CT molecular complexity index is 557. The van der Waals surface area contributed by atoms with Crippen molar-refractivity contribution in [3.8, 4) is 5.75 Å². The molecule has 1 atom stereocenters. The first-order valence-electron chi connectivity index (χ1n) is 7.64. The van der Waals surface area contributed by atoms with Crippen molar-refractivity contribution in [1.29, 1.82) is 0 Å². The number of benzene rings is 1. The van der Waals surface area contributed by atoms with E-state index in [1.54, 1.807) is 0 Å². The van der Waals surface area contributed by atoms with Crippen LogP contribution in [0.2, 0.25) is 0 Å². The van der Waals surface area contributed by atoms with Crippen molar-refractivity contribution in [2.75, 3.05) is 13.2 Å². The van der Waals surface area contributed by atoms with E-state index >= 15 is 0 Å². The Morgan fingerprint density at radius 2 is 2.14 bits per heavy atom. The molecule has 1 saturated heterocycles. The molecule has 0 radical (unpaired) electrons. The first kappa shape index (κ1) is 15.2. The van der Waals surface area contributed by atoms with Crippen LogP contribution in [0.1, 0.15) is 31.2 Å². The molecular formula is C16H20FNO4. The molecule has 0 aromatic heterocycles. The highest BCUT2D eigenvalue weighted by atomic mass is 19.1. The van der Waals surface area contributed by atoms with E-state index in [9.17, 15) is 14.3 Å². The third kappa shape index (κ3) is 3.08. The van der Waals surface area contributed by atoms with Crippen LogP contribution in [0.3, 0.4) is 0 Å². The molecule has 1 heterocycles. The van der Waals surface area contributed by atoms with Gasteiger partial charge in [-0.25, -0.2) is 4.39 Å². The summed E-state index contributed by atoms with van der Waals surface area (Å²) in [5, 5.41) is 12.6. The highest BCUT2D eigenvalue weighted by Gasteiger charge is 2.46. The molecule has 1 aromatic carbocycles. The molecule has 120 valence electrons. The minimum atomic E-state index is -0.710. The molecule has 2 aliphatic rings. The molecule has 1 saturated carbocycles. The second kappa shape index (κ2) is 6.22. The second-order valence-electron chi connectivity index (χ2n) is 5.82. The van der Waals surface area contributed by atoms with Gasteiger partial charge < -0.3 is 19.9 Å². The molecule has 1 unspecified atom stereocenters. The summed E-state index contributed by atoms with van der Waals surface area (Å²) in [7, 11) is 0. The van der Waals surface area contributed by atoms with E-state index in [1.807, 2.05) is 0 Å². The van der Waals surface area contributed by atoms with Crippen LogP contribution in [-0.4, -0.2) is 36.1 Å². The Hall–Kier alpha value is -1.66. The summed E-state index contributed by atoms with van der Waals surface area (Å²) in [5.41, 5.74) is 0.274. The number of rotatable bonds is 3. The first-order valence-corrected chi connectivity index (χ1v) is 7.64. The van der Waals surface area contributed by atoms with Crippen LogP contribution in [-0.2, 0) is 20.7 Å². The molecular weight excluding hydrogens is 289 g/mol. The maximum Gasteiger partial charge on any atom is 0.224 e. The van der Waals surface area contributed by atoms with E-state index in [2.05, 4.69) is 5.32 Å². The molecule has 22 heavy (non-hydrogen) atoms. The van der Waals surface area contributed by atoms with Gasteiger partial charge in [-0.15, -0.1) is 0 Å². The van der Waals surface area contributed by atoms with Crippen molar-refractivity contribution in [3.63, 3.8) is 0 Å². The number of hydrogen-bond donors (Lipinski definition) is 2. The van der Waals surface area contributed by atoms with Gasteiger partial charge in [0.1, 0.15) is 11.6 Å². The lowest BCUT2D eigenvalue weighted by Gasteiger charge is -2.39. The highest BCUT2D eigenvalue weighted by Crippen LogP contribution is 2.36. The topological polar surface area (TPSA) is 67.8 Å². The van der Waals surface area contributed by atoms with Crippen LogP contribution in [0.5, 0.6) is 5.75 Å². The van der Waals surface area contributed by atoms with Gasteiger partial charge in [0, 0.05) is 12.0 Å². The highest BCUT2D eigenvalue weighted by molar-refractivity contribution is 5.79. The molecule has 3 rings (SSSR count). The van der Waals surface area contributed by atoms with Crippen molar-refractivity contribution in [3.05, 3.63) is 29.6 Å². The average Bonchev–Trinajstić information content (AvgIpc) is 2.95. The third-order valence-electron chi connectivity index (χ3n) is 4.30. The Morgan fingerprint density at radius 1 is 1.36 bits per heavy atom. The minimum Gasteiger partial charge on any atom is -0.508 e. The number of hydrogen-bond acceptors (Lipinski definition) is 4. The van der Waals surface area contributed by atoms with Crippen LogP contribution >= 0.6 is 0 Å². The van der Waals surface area contributed by atoms with Crippen LogP contribution < -0.4 is 5.32 Å². The molecule has 2 N–H and O–H groups in total. The number of aromatic hydroxyl groups is 1. The van der Waals surface area contributed by atoms with E-state index in [0.29, 0.717) is 13.2 Å². The van der Waals surface area contributed by atoms with Crippen LogP contribution in [0.15, 0.2) is 18.2 Å². The zero-order chi connectivity index (χ0) is 15.6. The maximum atomic E-state index is 13.2. The number of phenols is 1. The summed E-state index contributed by atoms with van der Waals surface area (Å²) in [6.45, 7) is 1.08. The van der Waals surface area contributed by atoms with Gasteiger partial charge in [-0.05, 0) is 31.0 Å². The van der Waals surface area contributed by atoms with Crippen LogP contribution in [0.4, 0.5) is 4.39 Å². The number of amides is 1. The molecule has 0 bridgehead atoms. The SMILES string of the molecule is O=C(Cc1cc(F)ccc1O)NC1CCCCC12OCCO2. The normalized spacial score (nSPS) is 23.6. The molecule has 2 fully saturated rings. The predicted octanol–water partition coefficient (Wildman–Crippen LogP) is 1.88. The fraction of sp³-hybridized carbons (Fsp3) is 0.562. The first-order chi connectivity index (χ1) is 10.6. The van der Waals surface area contributed by atoms with Gasteiger partial charge in [0.15, 0.2) is 5.79 Å². The number of ether oxygens (including phenoxy) is 2. The smallest absolute Gasteiger partial charge is 0.224 e. The van der Waals surface area contributed by atoms with Gasteiger partial charge in [0.25, 0.3) is 0 Å². The number of nitrogens with one attached hydrogen (secondary N) is 1. The summed E-state index contributed by atoms with van der Waals surface area (Å²) >= 11 is 0. The van der Waals surface area contributed by atoms with E-state index in [1.165, 1.54) is 12.1 Å². The zero-order valence-corrected chi connectivity index (χ0v) is 12.3. The largest absolute Gasteiger partial charge is 0.508 e. The number of phenolic OH excluding ortho intramolecular Hbond substituents is 1. The fourth-order valence-electron chi connectivity index (χ4n) is 3.23. The lowest BCUT2D eigenvalue weighted by molar-refractivity contribution is -0.196. The summed E-state index contributed by atoms with van der Waals surface area (Å²) in [6.07, 6.45) is 3.50. The molecule has 1 amide bonds. The standard InChI is InChI=1S/C16H20FNO4/c17-12-4-5-13(19)11(9-12)10-15(20)18-14-3-1-2-6-16(14)21-7-8-22-16/h4-5,9,14,19H,1-3,6-8,10H2,(H,18,20). The summed E-state index contributed by atoms with van der Waals surface area (Å²) in [4.78, 5) is 12.2. The lowest BCUT2D eigenvalue weighted by Crippen LogP contribution is -2.55. The molecule has 6 heteroatoms. The van der Waals surface area contributed by atoms with Crippen molar-refractivity contribution in [1.82, 2.24) is 5.32 Å². The molecule has 1 aromatic rings. The minimum absolute atomic E-state index is 0.0732. The van der Waals surface area contributed by atoms with E-state index in [-0.39, 0.29) is 29.7 Å². The fourth-order valence-corrected chi connectivity index (χ4v) is 3.23. The zero-order valence-electron chi connectivity index (χ0n) is 12.3. The number of carbonyl (C=O) groups is 1. The molecule has 1 aliphatic carbocycles. The molecule has 1 spiro atoms. The quantitative estimate of drug-likeness (QED) is 0.894. The Labute approximate surface area is 128 Å². The van der Waals surface area contributed by atoms with E-state index < -0.39 is 11.6 Å². The molecule has 1 aliphatic heterocycles. The van der Waals surface area contributed by atoms with Crippen molar-refractivity contribution in [2.24, 2.45) is 0 Å². The third-order valence-corrected chi connectivity index (χ3v) is 4.30. The Kier molecular flexibility index (Phi) is 4.31. The average molecular weight is 309 g/mol. The van der Waals surface area contributed by atoms with Crippen molar-refractivity contribution in [2.45, 2.75) is 43.9 Å². The lowest BCUT2D eigenvalue weighted by atomic mass is 9.88. The monoisotopic (exact) mass is 309 g/mol. The van der Waals surface area contributed by atoms with Crippen molar-refractivity contribution >= 4 is 5.91 Å². The van der Waals surface area contributed by atoms with Crippen LogP contribution in [0, 0.1) is 5.82 Å². The summed E-state index contributed by atoms with van der Waals surface area (Å²) in [5.74, 6) is -1.54. The number of halogens is 1. The number of carbonyl (C=O) groups excluding carboxylic acids is 1. The molecule has 5 nitrogen and oxygen atoms in total. The van der Waals surface area contributed by atoms with Gasteiger partial charge in [-0.2, -0.15) is 0 Å². The van der Waals surface area contributed by atoms with Gasteiger partial charge in [-0.1, -0.05) is 6.42 Å². The van der Waals surface area contributed by atoms with E-state index in [4.69, 9.17) is 9.47 Å². The Morgan fingerprint density at radius 3 is 2.91 bits per heavy atom. The summed E-state index contributed by atoms with van der Waals surface area (Å²) < 4.78 is 24.7. The van der Waals surface area contributed by atoms with E-state index in [0.717, 1.165) is 31.7 Å². The maximum absolute atomic E-state index is 13.2. The van der Waals surface area contributed by atoms with Crippen LogP contribution in [0.25, 0.3) is 0 Å². The Balaban J connectivity index is 1.66. The predicted molar refractivity (Wildman–Crippen MR) is 76.8 cm³/mol. The van der Waals surface area contributed by atoms with Gasteiger partial charge >= 0.3 is 0 Å². The van der Waals surface area contributed by atoms with Gasteiger partial charge in [0.05, 0.1) is 25.7 Å². The van der Waals surface area contributed by atoms with Gasteiger partial charge in [-0.3, -0.25) is 4.79 Å². The van der Waals surface area contributed by atoms with Crippen molar-refractivity contribution < 1.29 is 23.8 Å². The van der Waals surface area contributed by atoms with Gasteiger partial charge in [0.2, 0.25) is 5.91 Å². The second-order valence-corrected chi connectivity index (χ2v) is 5.82.